The van der Waals surface area contributed by atoms with Gasteiger partial charge in [-0.3, -0.25) is 0 Å². The molecule has 1 N–H and O–H groups in total. The number of nitrogens with one attached hydrogen (secondary N) is 1. The summed E-state index contributed by atoms with van der Waals surface area (Å²) in [6.45, 7) is 4.11. The van der Waals surface area contributed by atoms with Gasteiger partial charge in [-0.25, -0.2) is 4.79 Å². The number of nitriles is 3. The van der Waals surface area contributed by atoms with Crippen molar-refractivity contribution in [3.05, 3.63) is 41.1 Å². The number of rotatable bonds is 5. The molecule has 0 aromatic heterocycles. The molecule has 110 valence electrons. The Bertz CT molecular complexity index is 699. The van der Waals surface area contributed by atoms with Crippen LogP contribution >= 0.6 is 0 Å². The van der Waals surface area contributed by atoms with E-state index in [0.29, 0.717) is 5.69 Å². The van der Waals surface area contributed by atoms with Crippen molar-refractivity contribution in [1.82, 2.24) is 0 Å². The summed E-state index contributed by atoms with van der Waals surface area (Å²) in [7, 11) is 0. The summed E-state index contributed by atoms with van der Waals surface area (Å²) in [4.78, 5) is 12.1. The predicted molar refractivity (Wildman–Crippen MR) is 79.1 cm³/mol. The topological polar surface area (TPSA) is 110 Å². The summed E-state index contributed by atoms with van der Waals surface area (Å²) >= 11 is 0. The van der Waals surface area contributed by atoms with Crippen LogP contribution in [0.5, 0.6) is 0 Å². The number of hydrogen-bond donors (Lipinski definition) is 1. The predicted octanol–water partition coefficient (Wildman–Crippen LogP) is 2.74. The third-order valence-electron chi connectivity index (χ3n) is 2.54. The molecular formula is C16H14N4O2. The Labute approximate surface area is 128 Å². The zero-order valence-corrected chi connectivity index (χ0v) is 12.3. The minimum Gasteiger partial charge on any atom is -0.462 e. The molecule has 0 radical (unpaired) electrons. The van der Waals surface area contributed by atoms with Gasteiger partial charge in [-0.1, -0.05) is 26.0 Å². The second-order valence-electron chi connectivity index (χ2n) is 4.75. The number of benzene rings is 1. The molecule has 0 spiro atoms. The largest absolute Gasteiger partial charge is 0.462 e. The van der Waals surface area contributed by atoms with Gasteiger partial charge in [0.25, 0.3) is 0 Å². The van der Waals surface area contributed by atoms with E-state index < -0.39 is 5.97 Å². The summed E-state index contributed by atoms with van der Waals surface area (Å²) < 4.78 is 5.15. The maximum absolute atomic E-state index is 12.1. The molecule has 22 heavy (non-hydrogen) atoms. The molecule has 0 fully saturated rings. The molecule has 0 aliphatic carbocycles. The SMILES string of the molecule is CC(C)COC(=O)c1ccccc1NC(C#N)=C(C#N)C#N. The van der Waals surface area contributed by atoms with Gasteiger partial charge in [-0.05, 0) is 18.1 Å². The highest BCUT2D eigenvalue weighted by Gasteiger charge is 2.15. The van der Waals surface area contributed by atoms with Crippen molar-refractivity contribution in [1.29, 1.82) is 15.8 Å². The average Bonchev–Trinajstić information content (AvgIpc) is 2.53. The zero-order valence-electron chi connectivity index (χ0n) is 12.3. The Morgan fingerprint density at radius 2 is 1.82 bits per heavy atom. The van der Waals surface area contributed by atoms with E-state index in [2.05, 4.69) is 5.32 Å². The first kappa shape index (κ1) is 16.8. The summed E-state index contributed by atoms with van der Waals surface area (Å²) in [5.74, 6) is -0.341. The Balaban J connectivity index is 3.11. The third-order valence-corrected chi connectivity index (χ3v) is 2.54. The number of carbonyl (C=O) groups is 1. The number of esters is 1. The molecule has 1 aromatic rings. The van der Waals surface area contributed by atoms with Crippen molar-refractivity contribution in [3.8, 4) is 18.2 Å². The van der Waals surface area contributed by atoms with Crippen LogP contribution in [0.2, 0.25) is 0 Å². The summed E-state index contributed by atoms with van der Waals surface area (Å²) in [5, 5.41) is 29.3. The van der Waals surface area contributed by atoms with Gasteiger partial charge in [-0.15, -0.1) is 0 Å². The van der Waals surface area contributed by atoms with Crippen molar-refractivity contribution in [2.24, 2.45) is 5.92 Å². The molecule has 0 aliphatic rings. The molecule has 0 amide bonds. The molecule has 6 nitrogen and oxygen atoms in total. The first-order valence-corrected chi connectivity index (χ1v) is 6.51. The lowest BCUT2D eigenvalue weighted by Crippen LogP contribution is -2.13. The number of nitrogens with zero attached hydrogens (tertiary/aromatic N) is 3. The number of hydrogen-bond acceptors (Lipinski definition) is 6. The number of carbonyl (C=O) groups excluding carboxylic acids is 1. The monoisotopic (exact) mass is 294 g/mol. The molecule has 0 unspecified atom stereocenters. The van der Waals surface area contributed by atoms with Crippen LogP contribution in [0.1, 0.15) is 24.2 Å². The van der Waals surface area contributed by atoms with Crippen LogP contribution in [0.4, 0.5) is 5.69 Å². The molecule has 6 heteroatoms. The lowest BCUT2D eigenvalue weighted by molar-refractivity contribution is 0.0460. The van der Waals surface area contributed by atoms with Gasteiger partial charge >= 0.3 is 5.97 Å². The van der Waals surface area contributed by atoms with Crippen LogP contribution < -0.4 is 5.32 Å². The van der Waals surface area contributed by atoms with Crippen LogP contribution in [0.3, 0.4) is 0 Å². The molecular weight excluding hydrogens is 280 g/mol. The van der Waals surface area contributed by atoms with E-state index in [9.17, 15) is 4.79 Å². The van der Waals surface area contributed by atoms with Gasteiger partial charge in [0.15, 0.2) is 5.57 Å². The second kappa shape index (κ2) is 8.09. The van der Waals surface area contributed by atoms with Gasteiger partial charge in [0.05, 0.1) is 17.9 Å². The van der Waals surface area contributed by atoms with E-state index >= 15 is 0 Å². The van der Waals surface area contributed by atoms with E-state index in [1.807, 2.05) is 13.8 Å². The Hall–Kier alpha value is -3.30. The summed E-state index contributed by atoms with van der Waals surface area (Å²) in [6, 6.07) is 11.4. The maximum atomic E-state index is 12.1. The van der Waals surface area contributed by atoms with Gasteiger partial charge in [0.1, 0.15) is 23.9 Å². The van der Waals surface area contributed by atoms with E-state index in [4.69, 9.17) is 20.5 Å². The highest BCUT2D eigenvalue weighted by Crippen LogP contribution is 2.19. The summed E-state index contributed by atoms with van der Waals surface area (Å²) in [5.41, 5.74) is -0.0381. The smallest absolute Gasteiger partial charge is 0.340 e. The van der Waals surface area contributed by atoms with Crippen LogP contribution in [-0.2, 0) is 4.74 Å². The molecule has 0 heterocycles. The molecule has 0 bridgehead atoms. The third kappa shape index (κ3) is 4.37. The quantitative estimate of drug-likeness (QED) is 0.660. The fourth-order valence-electron chi connectivity index (χ4n) is 1.51. The zero-order chi connectivity index (χ0) is 16.5. The fraction of sp³-hybridized carbons (Fsp3) is 0.250. The van der Waals surface area contributed by atoms with Crippen LogP contribution in [-0.4, -0.2) is 12.6 Å². The number of anilines is 1. The molecule has 1 aromatic carbocycles. The average molecular weight is 294 g/mol. The van der Waals surface area contributed by atoms with Gasteiger partial charge in [0.2, 0.25) is 0 Å². The maximum Gasteiger partial charge on any atom is 0.340 e. The molecule has 0 aliphatic heterocycles. The van der Waals surface area contributed by atoms with Crippen molar-refractivity contribution in [3.63, 3.8) is 0 Å². The van der Waals surface area contributed by atoms with Crippen molar-refractivity contribution in [2.45, 2.75) is 13.8 Å². The van der Waals surface area contributed by atoms with E-state index in [1.165, 1.54) is 0 Å². The Kier molecular flexibility index (Phi) is 6.16. The van der Waals surface area contributed by atoms with Crippen LogP contribution in [0.25, 0.3) is 0 Å². The van der Waals surface area contributed by atoms with Crippen molar-refractivity contribution in [2.75, 3.05) is 11.9 Å². The fourth-order valence-corrected chi connectivity index (χ4v) is 1.51. The lowest BCUT2D eigenvalue weighted by Gasteiger charge is -2.12. The van der Waals surface area contributed by atoms with Gasteiger partial charge in [0, 0.05) is 0 Å². The summed E-state index contributed by atoms with van der Waals surface area (Å²) in [6.07, 6.45) is 0. The minimum atomic E-state index is -0.537. The number of para-hydroxylation sites is 1. The van der Waals surface area contributed by atoms with Gasteiger partial charge < -0.3 is 10.1 Å². The highest BCUT2D eigenvalue weighted by molar-refractivity contribution is 5.96. The standard InChI is InChI=1S/C16H14N4O2/c1-11(2)10-22-16(21)13-5-3-4-6-14(13)20-15(9-19)12(7-17)8-18/h3-6,11,20H,10H2,1-2H3. The highest BCUT2D eigenvalue weighted by atomic mass is 16.5. The molecule has 0 atom stereocenters. The Morgan fingerprint density at radius 1 is 1.18 bits per heavy atom. The minimum absolute atomic E-state index is 0.197. The molecule has 0 saturated heterocycles. The normalized spacial score (nSPS) is 9.09. The van der Waals surface area contributed by atoms with E-state index in [-0.39, 0.29) is 29.4 Å². The van der Waals surface area contributed by atoms with E-state index in [0.717, 1.165) is 0 Å². The Morgan fingerprint density at radius 3 is 2.36 bits per heavy atom. The number of ether oxygens (including phenoxy) is 1. The van der Waals surface area contributed by atoms with Gasteiger partial charge in [-0.2, -0.15) is 15.8 Å². The molecule has 1 rings (SSSR count). The number of allylic oxidation sites excluding steroid dienone is 2. The second-order valence-corrected chi connectivity index (χ2v) is 4.75. The first-order valence-electron chi connectivity index (χ1n) is 6.51. The van der Waals surface area contributed by atoms with Crippen molar-refractivity contribution >= 4 is 11.7 Å². The van der Waals surface area contributed by atoms with Crippen LogP contribution in [0, 0.1) is 39.9 Å². The van der Waals surface area contributed by atoms with Crippen LogP contribution in [0.15, 0.2) is 35.5 Å². The first-order chi connectivity index (χ1) is 10.5. The lowest BCUT2D eigenvalue weighted by atomic mass is 10.1. The van der Waals surface area contributed by atoms with E-state index in [1.54, 1.807) is 42.5 Å². The van der Waals surface area contributed by atoms with Crippen molar-refractivity contribution < 1.29 is 9.53 Å². The molecule has 0 saturated carbocycles.